The van der Waals surface area contributed by atoms with Gasteiger partial charge >= 0.3 is 0 Å². The number of aliphatic hydroxyl groups excluding tert-OH is 1. The Morgan fingerprint density at radius 1 is 1.06 bits per heavy atom. The summed E-state index contributed by atoms with van der Waals surface area (Å²) in [6.07, 6.45) is 0.432. The second-order valence-corrected chi connectivity index (χ2v) is 4.96. The Morgan fingerprint density at radius 2 is 1.56 bits per heavy atom. The quantitative estimate of drug-likeness (QED) is 0.549. The molecule has 0 fully saturated rings. The lowest BCUT2D eigenvalue weighted by molar-refractivity contribution is 0.126. The van der Waals surface area contributed by atoms with E-state index < -0.39 is 12.1 Å². The zero-order valence-corrected chi connectivity index (χ0v) is 10.7. The number of rotatable bonds is 5. The van der Waals surface area contributed by atoms with Gasteiger partial charge in [-0.1, -0.05) is 13.8 Å². The average Bonchev–Trinajstić information content (AvgIpc) is 2.24. The predicted molar refractivity (Wildman–Crippen MR) is 68.4 cm³/mol. The number of phenolic OH excluding ortho intramolecular Hbond substituents is 3. The summed E-state index contributed by atoms with van der Waals surface area (Å²) in [5.74, 6) is -0.446. The summed E-state index contributed by atoms with van der Waals surface area (Å²) in [5.41, 5.74) is 5.88. The summed E-state index contributed by atoms with van der Waals surface area (Å²) in [7, 11) is 0. The van der Waals surface area contributed by atoms with Crippen molar-refractivity contribution in [3.63, 3.8) is 0 Å². The van der Waals surface area contributed by atoms with Gasteiger partial charge in [0.15, 0.2) is 0 Å². The second-order valence-electron chi connectivity index (χ2n) is 4.96. The van der Waals surface area contributed by atoms with E-state index in [9.17, 15) is 20.4 Å². The van der Waals surface area contributed by atoms with Crippen molar-refractivity contribution in [1.82, 2.24) is 0 Å². The molecule has 1 aromatic rings. The zero-order chi connectivity index (χ0) is 13.9. The molecule has 6 N–H and O–H groups in total. The lowest BCUT2D eigenvalue weighted by Crippen LogP contribution is -2.26. The number of phenols is 3. The molecular formula is C13H21NO4. The fraction of sp³-hybridized carbons (Fsp3) is 0.538. The van der Waals surface area contributed by atoms with Crippen LogP contribution in [0.4, 0.5) is 0 Å². The molecule has 5 heteroatoms. The van der Waals surface area contributed by atoms with Crippen molar-refractivity contribution >= 4 is 0 Å². The summed E-state index contributed by atoms with van der Waals surface area (Å²) >= 11 is 0. The fourth-order valence-corrected chi connectivity index (χ4v) is 1.83. The summed E-state index contributed by atoms with van der Waals surface area (Å²) in [6, 6.07) is 1.29. The van der Waals surface area contributed by atoms with Crippen LogP contribution in [-0.4, -0.2) is 26.5 Å². The minimum absolute atomic E-state index is 0.0593. The number of hydrogen-bond donors (Lipinski definition) is 5. The number of nitrogens with two attached hydrogens (primary N) is 1. The molecule has 0 bridgehead atoms. The fourth-order valence-electron chi connectivity index (χ4n) is 1.83. The van der Waals surface area contributed by atoms with Crippen molar-refractivity contribution in [3.05, 3.63) is 17.7 Å². The second kappa shape index (κ2) is 5.93. The highest BCUT2D eigenvalue weighted by atomic mass is 16.3. The molecule has 0 heterocycles. The molecule has 18 heavy (non-hydrogen) atoms. The Hall–Kier alpha value is -1.46. The molecule has 0 spiro atoms. The minimum Gasteiger partial charge on any atom is -0.508 e. The Bertz CT molecular complexity index is 383. The van der Waals surface area contributed by atoms with Gasteiger partial charge in [0.25, 0.3) is 0 Å². The molecular weight excluding hydrogens is 234 g/mol. The molecule has 0 aliphatic carbocycles. The number of benzene rings is 1. The van der Waals surface area contributed by atoms with E-state index in [1.165, 1.54) is 0 Å². The van der Waals surface area contributed by atoms with Crippen LogP contribution in [0.25, 0.3) is 0 Å². The molecule has 0 aliphatic heterocycles. The van der Waals surface area contributed by atoms with Crippen LogP contribution in [0.3, 0.4) is 0 Å². The number of hydrogen-bond acceptors (Lipinski definition) is 5. The first-order chi connectivity index (χ1) is 8.32. The Labute approximate surface area is 107 Å². The van der Waals surface area contributed by atoms with Crippen molar-refractivity contribution in [3.8, 4) is 17.2 Å². The first-order valence-corrected chi connectivity index (χ1v) is 6.01. The van der Waals surface area contributed by atoms with Crippen LogP contribution in [-0.2, 0) is 0 Å². The third-order valence-corrected chi connectivity index (χ3v) is 2.91. The molecule has 1 aromatic carbocycles. The lowest BCUT2D eigenvalue weighted by atomic mass is 9.94. The molecule has 0 radical (unpaired) electrons. The standard InChI is InChI=1S/C13H21NO4/c1-7(2)3-4-9(16)13(14)12-10(17)5-8(15)6-11(12)18/h5-7,9,13,15-18H,3-4,14H2,1-2H3/t9-,13-/m1/s1. The maximum atomic E-state index is 9.93. The number of aromatic hydroxyl groups is 3. The van der Waals surface area contributed by atoms with E-state index >= 15 is 0 Å². The van der Waals surface area contributed by atoms with Crippen molar-refractivity contribution in [2.45, 2.75) is 38.8 Å². The lowest BCUT2D eigenvalue weighted by Gasteiger charge is -2.21. The van der Waals surface area contributed by atoms with E-state index in [1.54, 1.807) is 0 Å². The zero-order valence-electron chi connectivity index (χ0n) is 10.7. The monoisotopic (exact) mass is 255 g/mol. The maximum Gasteiger partial charge on any atom is 0.127 e. The summed E-state index contributed by atoms with van der Waals surface area (Å²) < 4.78 is 0. The van der Waals surface area contributed by atoms with Gasteiger partial charge in [-0.3, -0.25) is 0 Å². The van der Waals surface area contributed by atoms with Gasteiger partial charge in [0.1, 0.15) is 17.2 Å². The molecule has 2 atom stereocenters. The third-order valence-electron chi connectivity index (χ3n) is 2.91. The maximum absolute atomic E-state index is 9.93. The van der Waals surface area contributed by atoms with Crippen molar-refractivity contribution < 1.29 is 20.4 Å². The molecule has 0 aromatic heterocycles. The molecule has 0 saturated heterocycles. The summed E-state index contributed by atoms with van der Waals surface area (Å²) in [6.45, 7) is 4.07. The van der Waals surface area contributed by atoms with Gasteiger partial charge in [0.2, 0.25) is 0 Å². The van der Waals surface area contributed by atoms with Gasteiger partial charge in [0.05, 0.1) is 17.7 Å². The summed E-state index contributed by atoms with van der Waals surface area (Å²) in [5, 5.41) is 38.4. The van der Waals surface area contributed by atoms with Gasteiger partial charge in [0, 0.05) is 12.1 Å². The van der Waals surface area contributed by atoms with E-state index in [-0.39, 0.29) is 22.8 Å². The molecule has 102 valence electrons. The van der Waals surface area contributed by atoms with Gasteiger partial charge in [-0.15, -0.1) is 0 Å². The van der Waals surface area contributed by atoms with Crippen LogP contribution in [0.5, 0.6) is 17.2 Å². The van der Waals surface area contributed by atoms with Gasteiger partial charge < -0.3 is 26.2 Å². The molecule has 1 rings (SSSR count). The Kier molecular flexibility index (Phi) is 4.81. The van der Waals surface area contributed by atoms with Crippen LogP contribution in [0.15, 0.2) is 12.1 Å². The van der Waals surface area contributed by atoms with Crippen LogP contribution in [0.1, 0.15) is 38.3 Å². The van der Waals surface area contributed by atoms with Crippen molar-refractivity contribution in [2.24, 2.45) is 11.7 Å². The SMILES string of the molecule is CC(C)CC[C@@H](O)[C@@H](N)c1c(O)cc(O)cc1O. The molecule has 0 amide bonds. The Morgan fingerprint density at radius 3 is 2.00 bits per heavy atom. The van der Waals surface area contributed by atoms with Crippen LogP contribution in [0, 0.1) is 5.92 Å². The minimum atomic E-state index is -0.885. The molecule has 0 unspecified atom stereocenters. The van der Waals surface area contributed by atoms with Crippen molar-refractivity contribution in [2.75, 3.05) is 0 Å². The topological polar surface area (TPSA) is 107 Å². The first-order valence-electron chi connectivity index (χ1n) is 6.01. The van der Waals surface area contributed by atoms with Crippen molar-refractivity contribution in [1.29, 1.82) is 0 Å². The van der Waals surface area contributed by atoms with Crippen LogP contribution < -0.4 is 5.73 Å². The number of aliphatic hydroxyl groups is 1. The highest BCUT2D eigenvalue weighted by Crippen LogP contribution is 2.37. The highest BCUT2D eigenvalue weighted by Gasteiger charge is 2.23. The third kappa shape index (κ3) is 3.51. The van der Waals surface area contributed by atoms with Crippen LogP contribution in [0.2, 0.25) is 0 Å². The smallest absolute Gasteiger partial charge is 0.127 e. The van der Waals surface area contributed by atoms with E-state index in [1.807, 2.05) is 13.8 Å². The first kappa shape index (κ1) is 14.6. The van der Waals surface area contributed by atoms with E-state index in [0.717, 1.165) is 18.6 Å². The summed E-state index contributed by atoms with van der Waals surface area (Å²) in [4.78, 5) is 0. The largest absolute Gasteiger partial charge is 0.508 e. The normalized spacial score (nSPS) is 14.7. The van der Waals surface area contributed by atoms with Crippen LogP contribution >= 0.6 is 0 Å². The van der Waals surface area contributed by atoms with Gasteiger partial charge in [-0.05, 0) is 18.8 Å². The highest BCUT2D eigenvalue weighted by molar-refractivity contribution is 5.50. The predicted octanol–water partition coefficient (Wildman–Crippen LogP) is 1.60. The average molecular weight is 255 g/mol. The Balaban J connectivity index is 2.86. The van der Waals surface area contributed by atoms with E-state index in [0.29, 0.717) is 12.3 Å². The van der Waals surface area contributed by atoms with E-state index in [4.69, 9.17) is 5.73 Å². The molecule has 0 aliphatic rings. The molecule has 0 saturated carbocycles. The van der Waals surface area contributed by atoms with Gasteiger partial charge in [-0.25, -0.2) is 0 Å². The van der Waals surface area contributed by atoms with E-state index in [2.05, 4.69) is 0 Å². The molecule has 5 nitrogen and oxygen atoms in total. The van der Waals surface area contributed by atoms with Gasteiger partial charge in [-0.2, -0.15) is 0 Å².